The van der Waals surface area contributed by atoms with Gasteiger partial charge in [-0.25, -0.2) is 4.52 Å². The number of rotatable bonds is 5. The minimum absolute atomic E-state index is 0.0425. The van der Waals surface area contributed by atoms with E-state index in [1.807, 2.05) is 0 Å². The summed E-state index contributed by atoms with van der Waals surface area (Å²) in [6.07, 6.45) is 2.55. The van der Waals surface area contributed by atoms with Crippen LogP contribution >= 0.6 is 0 Å². The van der Waals surface area contributed by atoms with Crippen LogP contribution in [0.2, 0.25) is 0 Å². The van der Waals surface area contributed by atoms with Gasteiger partial charge < -0.3 is 16.0 Å². The second kappa shape index (κ2) is 9.81. The van der Waals surface area contributed by atoms with Crippen LogP contribution in [0, 0.1) is 0 Å². The minimum atomic E-state index is -4.39. The molecule has 1 unspecified atom stereocenters. The van der Waals surface area contributed by atoms with Gasteiger partial charge in [0.25, 0.3) is 11.8 Å². The molecule has 2 amide bonds. The highest BCUT2D eigenvalue weighted by Crippen LogP contribution is 2.40. The Balaban J connectivity index is 1.36. The Hall–Kier alpha value is -3.40. The summed E-state index contributed by atoms with van der Waals surface area (Å²) in [5.74, 6) is -0.531. The summed E-state index contributed by atoms with van der Waals surface area (Å²) >= 11 is 0. The lowest BCUT2D eigenvalue weighted by molar-refractivity contribution is -0.137. The summed E-state index contributed by atoms with van der Waals surface area (Å²) in [5.41, 5.74) is 6.77. The lowest BCUT2D eigenvalue weighted by atomic mass is 9.69. The number of nitrogens with zero attached hydrogens (tertiary/aromatic N) is 3. The molecule has 3 heterocycles. The highest BCUT2D eigenvalue weighted by atomic mass is 19.4. The number of fused-ring (bicyclic) bond motifs is 1. The van der Waals surface area contributed by atoms with Gasteiger partial charge in [-0.1, -0.05) is 31.4 Å². The van der Waals surface area contributed by atoms with Gasteiger partial charge in [0.15, 0.2) is 5.69 Å². The van der Waals surface area contributed by atoms with Gasteiger partial charge in [0.05, 0.1) is 16.6 Å². The molecule has 1 saturated heterocycles. The number of pyridine rings is 1. The molecule has 37 heavy (non-hydrogen) atoms. The fourth-order valence-corrected chi connectivity index (χ4v) is 5.60. The number of amides is 2. The third-order valence-corrected chi connectivity index (χ3v) is 7.70. The van der Waals surface area contributed by atoms with Crippen LogP contribution in [0.1, 0.15) is 70.5 Å². The highest BCUT2D eigenvalue weighted by molar-refractivity contribution is 6.02. The lowest BCUT2D eigenvalue weighted by Crippen LogP contribution is -2.42. The first-order valence-electron chi connectivity index (χ1n) is 12.7. The summed E-state index contributed by atoms with van der Waals surface area (Å²) in [6.45, 7) is 1.36. The van der Waals surface area contributed by atoms with E-state index in [4.69, 9.17) is 5.73 Å². The van der Waals surface area contributed by atoms with E-state index in [0.29, 0.717) is 30.7 Å². The van der Waals surface area contributed by atoms with Gasteiger partial charge in [-0.2, -0.15) is 18.3 Å². The van der Waals surface area contributed by atoms with E-state index in [9.17, 15) is 22.8 Å². The van der Waals surface area contributed by atoms with E-state index in [0.717, 1.165) is 56.2 Å². The summed E-state index contributed by atoms with van der Waals surface area (Å²) in [4.78, 5) is 27.9. The van der Waals surface area contributed by atoms with Crippen molar-refractivity contribution in [3.05, 3.63) is 71.0 Å². The molecule has 2 fully saturated rings. The third-order valence-electron chi connectivity index (χ3n) is 7.70. The molecule has 1 aromatic carbocycles. The van der Waals surface area contributed by atoms with E-state index in [1.54, 1.807) is 41.4 Å². The molecule has 1 aliphatic carbocycles. The van der Waals surface area contributed by atoms with Crippen molar-refractivity contribution < 1.29 is 22.8 Å². The molecule has 0 radical (unpaired) electrons. The van der Waals surface area contributed by atoms with Gasteiger partial charge in [-0.05, 0) is 55.2 Å². The van der Waals surface area contributed by atoms with Crippen molar-refractivity contribution in [3.8, 4) is 0 Å². The van der Waals surface area contributed by atoms with Gasteiger partial charge in [0, 0.05) is 37.3 Å². The Labute approximate surface area is 212 Å². The number of hydrogen-bond acceptors (Lipinski definition) is 4. The zero-order valence-corrected chi connectivity index (χ0v) is 20.4. The number of halogens is 3. The number of carbonyl (C=O) groups excluding carboxylic acids is 2. The average Bonchev–Trinajstić information content (AvgIpc) is 3.53. The Morgan fingerprint density at radius 3 is 2.49 bits per heavy atom. The Kier molecular flexibility index (Phi) is 6.70. The molecular weight excluding hydrogens is 483 g/mol. The number of hydrogen-bond donors (Lipinski definition) is 2. The van der Waals surface area contributed by atoms with Crippen molar-refractivity contribution in [1.82, 2.24) is 19.8 Å². The Bertz CT molecular complexity index is 1300. The Morgan fingerprint density at radius 2 is 1.84 bits per heavy atom. The van der Waals surface area contributed by atoms with Gasteiger partial charge in [0.2, 0.25) is 0 Å². The highest BCUT2D eigenvalue weighted by Gasteiger charge is 2.36. The first-order valence-corrected chi connectivity index (χ1v) is 12.7. The van der Waals surface area contributed by atoms with E-state index >= 15 is 0 Å². The predicted octanol–water partition coefficient (Wildman–Crippen LogP) is 4.16. The molecule has 196 valence electrons. The van der Waals surface area contributed by atoms with Crippen molar-refractivity contribution in [2.45, 2.75) is 56.2 Å². The van der Waals surface area contributed by atoms with E-state index in [2.05, 4.69) is 10.4 Å². The van der Waals surface area contributed by atoms with Crippen LogP contribution in [0.15, 0.2) is 48.7 Å². The second-order valence-corrected chi connectivity index (χ2v) is 10.2. The van der Waals surface area contributed by atoms with Crippen molar-refractivity contribution in [2.75, 3.05) is 19.6 Å². The number of nitrogens with one attached hydrogen (secondary N) is 1. The van der Waals surface area contributed by atoms with Gasteiger partial charge in [0.1, 0.15) is 0 Å². The van der Waals surface area contributed by atoms with Crippen LogP contribution in [0.25, 0.3) is 5.52 Å². The summed E-state index contributed by atoms with van der Waals surface area (Å²) in [6, 6.07) is 10.3. The number of aromatic nitrogens is 2. The lowest BCUT2D eigenvalue weighted by Gasteiger charge is -2.38. The van der Waals surface area contributed by atoms with Crippen molar-refractivity contribution in [3.63, 3.8) is 0 Å². The largest absolute Gasteiger partial charge is 0.416 e. The van der Waals surface area contributed by atoms with E-state index < -0.39 is 17.2 Å². The van der Waals surface area contributed by atoms with E-state index in [-0.39, 0.29) is 23.6 Å². The van der Waals surface area contributed by atoms with Crippen LogP contribution in [0.4, 0.5) is 13.2 Å². The molecule has 5 rings (SSSR count). The fourth-order valence-electron chi connectivity index (χ4n) is 5.60. The van der Waals surface area contributed by atoms with Crippen LogP contribution in [0.3, 0.4) is 0 Å². The average molecular weight is 514 g/mol. The fraction of sp³-hybridized carbons (Fsp3) is 0.444. The van der Waals surface area contributed by atoms with Crippen LogP contribution in [-0.2, 0) is 11.6 Å². The standard InChI is InChI=1S/C27H30F3N5O2/c28-27(29,30)19-8-6-18(7-9-19)26(11-2-1-3-12-26)17-32-24(36)21-5-4-13-35-23(21)15-22(33-35)25(37)34-14-10-20(31)16-34/h4-9,13,15,20H,1-3,10-12,14,16-17,31H2,(H,32,36). The van der Waals surface area contributed by atoms with Gasteiger partial charge >= 0.3 is 6.18 Å². The van der Waals surface area contributed by atoms with Crippen molar-refractivity contribution in [2.24, 2.45) is 5.73 Å². The maximum atomic E-state index is 13.3. The molecular formula is C27H30F3N5O2. The van der Waals surface area contributed by atoms with Gasteiger partial charge in [-0.3, -0.25) is 9.59 Å². The molecule has 7 nitrogen and oxygen atoms in total. The molecule has 2 aliphatic rings. The van der Waals surface area contributed by atoms with Crippen molar-refractivity contribution >= 4 is 17.3 Å². The Morgan fingerprint density at radius 1 is 1.11 bits per heavy atom. The first kappa shape index (κ1) is 25.3. The number of alkyl halides is 3. The van der Waals surface area contributed by atoms with Crippen molar-refractivity contribution in [1.29, 1.82) is 0 Å². The topological polar surface area (TPSA) is 92.7 Å². The van der Waals surface area contributed by atoms with Crippen LogP contribution < -0.4 is 11.1 Å². The third kappa shape index (κ3) is 5.07. The zero-order chi connectivity index (χ0) is 26.2. The quantitative estimate of drug-likeness (QED) is 0.536. The molecule has 0 bridgehead atoms. The SMILES string of the molecule is NC1CCN(C(=O)c2cc3c(C(=O)NCC4(c5ccc(C(F)(F)F)cc5)CCCCC4)cccn3n2)C1. The van der Waals surface area contributed by atoms with Crippen LogP contribution in [-0.4, -0.2) is 52.0 Å². The minimum Gasteiger partial charge on any atom is -0.351 e. The van der Waals surface area contributed by atoms with Gasteiger partial charge in [-0.15, -0.1) is 0 Å². The molecule has 3 N–H and O–H groups in total. The number of nitrogens with two attached hydrogens (primary N) is 1. The maximum Gasteiger partial charge on any atom is 0.416 e. The van der Waals surface area contributed by atoms with Crippen LogP contribution in [0.5, 0.6) is 0 Å². The molecule has 2 aromatic heterocycles. The monoisotopic (exact) mass is 513 g/mol. The summed E-state index contributed by atoms with van der Waals surface area (Å²) in [5, 5.41) is 7.41. The molecule has 10 heteroatoms. The maximum absolute atomic E-state index is 13.3. The molecule has 1 aliphatic heterocycles. The summed E-state index contributed by atoms with van der Waals surface area (Å²) < 4.78 is 40.8. The molecule has 0 spiro atoms. The summed E-state index contributed by atoms with van der Waals surface area (Å²) in [7, 11) is 0. The molecule has 1 atom stereocenters. The normalized spacial score (nSPS) is 19.8. The molecule has 3 aromatic rings. The number of benzene rings is 1. The molecule has 1 saturated carbocycles. The first-order chi connectivity index (χ1) is 17.7. The smallest absolute Gasteiger partial charge is 0.351 e. The zero-order valence-electron chi connectivity index (χ0n) is 20.4. The predicted molar refractivity (Wildman–Crippen MR) is 132 cm³/mol. The second-order valence-electron chi connectivity index (χ2n) is 10.2. The number of likely N-dealkylation sites (tertiary alicyclic amines) is 1. The van der Waals surface area contributed by atoms with E-state index in [1.165, 1.54) is 4.52 Å². The number of carbonyl (C=O) groups is 2.